The normalized spacial score (nSPS) is 21.1. The predicted octanol–water partition coefficient (Wildman–Crippen LogP) is 1.98. The van der Waals surface area contributed by atoms with Crippen molar-refractivity contribution < 1.29 is 19.1 Å². The molecule has 2 aliphatic rings. The minimum Gasteiger partial charge on any atom is -0.392 e. The topological polar surface area (TPSA) is 60.9 Å². The Kier molecular flexibility index (Phi) is 5.61. The van der Waals surface area contributed by atoms with E-state index in [9.17, 15) is 19.1 Å². The smallest absolute Gasteiger partial charge is 0.226 e. The monoisotopic (exact) mass is 362 g/mol. The molecule has 0 bridgehead atoms. The van der Waals surface area contributed by atoms with Crippen molar-refractivity contribution in [1.82, 2.24) is 9.80 Å². The molecule has 0 aliphatic carbocycles. The van der Waals surface area contributed by atoms with Crippen LogP contribution in [0.4, 0.5) is 4.39 Å². The van der Waals surface area contributed by atoms with E-state index < -0.39 is 6.10 Å². The predicted molar refractivity (Wildman–Crippen MR) is 95.8 cm³/mol. The van der Waals surface area contributed by atoms with Gasteiger partial charge in [-0.3, -0.25) is 9.59 Å². The molecule has 3 rings (SSSR count). The molecule has 1 N–H and O–H groups in total. The summed E-state index contributed by atoms with van der Waals surface area (Å²) in [5, 5.41) is 9.61. The maximum Gasteiger partial charge on any atom is 0.226 e. The van der Waals surface area contributed by atoms with Crippen molar-refractivity contribution in [2.45, 2.75) is 45.1 Å². The Labute approximate surface area is 153 Å². The van der Waals surface area contributed by atoms with Crippen LogP contribution in [0.3, 0.4) is 0 Å². The number of β-amino-alcohol motifs (C(OH)–C–C–N with tert-alkyl or cyclic N) is 1. The van der Waals surface area contributed by atoms with Crippen LogP contribution < -0.4 is 0 Å². The van der Waals surface area contributed by atoms with E-state index in [1.807, 2.05) is 4.90 Å². The summed E-state index contributed by atoms with van der Waals surface area (Å²) in [4.78, 5) is 28.2. The van der Waals surface area contributed by atoms with Gasteiger partial charge in [-0.05, 0) is 49.3 Å². The molecule has 6 heteroatoms. The lowest BCUT2D eigenvalue weighted by molar-refractivity contribution is -0.143. The molecule has 2 aliphatic heterocycles. The Balaban J connectivity index is 1.56. The van der Waals surface area contributed by atoms with Gasteiger partial charge in [0.25, 0.3) is 0 Å². The van der Waals surface area contributed by atoms with Gasteiger partial charge in [-0.15, -0.1) is 0 Å². The van der Waals surface area contributed by atoms with Gasteiger partial charge in [0.2, 0.25) is 11.8 Å². The molecule has 0 unspecified atom stereocenters. The molecule has 5 nitrogen and oxygen atoms in total. The van der Waals surface area contributed by atoms with Crippen LogP contribution in [0, 0.1) is 11.2 Å². The molecule has 2 heterocycles. The van der Waals surface area contributed by atoms with Crippen molar-refractivity contribution in [2.75, 3.05) is 26.2 Å². The third kappa shape index (κ3) is 4.41. The standard InChI is InChI=1S/C20H27FN2O3/c1-15(24)13-23-14-20(6-5-18(23)25)7-9-22(10-8-20)19(26)12-16-3-2-4-17(21)11-16/h2-4,11,15,24H,5-10,12-14H2,1H3/t15-/m0/s1. The highest BCUT2D eigenvalue weighted by molar-refractivity contribution is 5.79. The first-order valence-corrected chi connectivity index (χ1v) is 9.35. The van der Waals surface area contributed by atoms with Crippen LogP contribution in [0.5, 0.6) is 0 Å². The van der Waals surface area contributed by atoms with Crippen LogP contribution in [-0.2, 0) is 16.0 Å². The minimum absolute atomic E-state index is 0.0261. The number of nitrogens with zero attached hydrogens (tertiary/aromatic N) is 2. The van der Waals surface area contributed by atoms with E-state index in [-0.39, 0.29) is 29.5 Å². The van der Waals surface area contributed by atoms with Crippen LogP contribution in [0.1, 0.15) is 38.2 Å². The zero-order valence-electron chi connectivity index (χ0n) is 15.3. The number of likely N-dealkylation sites (tertiary alicyclic amines) is 2. The Bertz CT molecular complexity index is 669. The third-order valence-corrected chi connectivity index (χ3v) is 5.65. The number of benzene rings is 1. The van der Waals surface area contributed by atoms with Crippen molar-refractivity contribution in [3.05, 3.63) is 35.6 Å². The first kappa shape index (κ1) is 18.8. The van der Waals surface area contributed by atoms with E-state index in [1.54, 1.807) is 24.0 Å². The van der Waals surface area contributed by atoms with Crippen LogP contribution in [0.2, 0.25) is 0 Å². The summed E-state index contributed by atoms with van der Waals surface area (Å²) in [6.45, 7) is 4.09. The molecule has 1 atom stereocenters. The fourth-order valence-electron chi connectivity index (χ4n) is 4.16. The highest BCUT2D eigenvalue weighted by Crippen LogP contribution is 2.40. The van der Waals surface area contributed by atoms with Crippen molar-refractivity contribution in [3.8, 4) is 0 Å². The van der Waals surface area contributed by atoms with Crippen molar-refractivity contribution in [2.24, 2.45) is 5.41 Å². The Morgan fingerprint density at radius 3 is 2.69 bits per heavy atom. The molecule has 2 saturated heterocycles. The fraction of sp³-hybridized carbons (Fsp3) is 0.600. The minimum atomic E-state index is -0.526. The van der Waals surface area contributed by atoms with Gasteiger partial charge in [-0.2, -0.15) is 0 Å². The van der Waals surface area contributed by atoms with Gasteiger partial charge in [0.15, 0.2) is 0 Å². The Morgan fingerprint density at radius 1 is 1.31 bits per heavy atom. The molecule has 0 aromatic heterocycles. The summed E-state index contributed by atoms with van der Waals surface area (Å²) in [7, 11) is 0. The molecule has 1 spiro atoms. The number of hydrogen-bond acceptors (Lipinski definition) is 3. The summed E-state index contributed by atoms with van der Waals surface area (Å²) >= 11 is 0. The molecule has 2 amide bonds. The maximum absolute atomic E-state index is 13.3. The average Bonchev–Trinajstić information content (AvgIpc) is 2.58. The molecule has 26 heavy (non-hydrogen) atoms. The Morgan fingerprint density at radius 2 is 2.04 bits per heavy atom. The lowest BCUT2D eigenvalue weighted by Crippen LogP contribution is -2.53. The zero-order chi connectivity index (χ0) is 18.7. The first-order valence-electron chi connectivity index (χ1n) is 9.35. The molecule has 1 aromatic carbocycles. The zero-order valence-corrected chi connectivity index (χ0v) is 15.3. The lowest BCUT2D eigenvalue weighted by Gasteiger charge is -2.47. The number of halogens is 1. The van der Waals surface area contributed by atoms with Gasteiger partial charge in [0.05, 0.1) is 12.5 Å². The summed E-state index contributed by atoms with van der Waals surface area (Å²) in [6.07, 6.45) is 2.80. The second-order valence-electron chi connectivity index (χ2n) is 7.81. The number of carbonyl (C=O) groups excluding carboxylic acids is 2. The van der Waals surface area contributed by atoms with Crippen molar-refractivity contribution in [1.29, 1.82) is 0 Å². The maximum atomic E-state index is 13.3. The second-order valence-corrected chi connectivity index (χ2v) is 7.81. The van der Waals surface area contributed by atoms with Crippen LogP contribution in [0.15, 0.2) is 24.3 Å². The first-order chi connectivity index (χ1) is 12.4. The largest absolute Gasteiger partial charge is 0.392 e. The van der Waals surface area contributed by atoms with Gasteiger partial charge >= 0.3 is 0 Å². The molecular formula is C20H27FN2O3. The highest BCUT2D eigenvalue weighted by atomic mass is 19.1. The number of amides is 2. The van der Waals surface area contributed by atoms with E-state index in [1.165, 1.54) is 12.1 Å². The van der Waals surface area contributed by atoms with E-state index in [0.29, 0.717) is 38.2 Å². The SMILES string of the molecule is C[C@H](O)CN1CC2(CCC1=O)CCN(C(=O)Cc1cccc(F)c1)CC2. The number of aliphatic hydroxyl groups excluding tert-OH is 1. The third-order valence-electron chi connectivity index (χ3n) is 5.65. The average molecular weight is 362 g/mol. The number of carbonyl (C=O) groups is 2. The Hall–Kier alpha value is -1.95. The fourth-order valence-corrected chi connectivity index (χ4v) is 4.16. The van der Waals surface area contributed by atoms with Gasteiger partial charge in [-0.25, -0.2) is 4.39 Å². The van der Waals surface area contributed by atoms with Gasteiger partial charge in [-0.1, -0.05) is 12.1 Å². The van der Waals surface area contributed by atoms with Crippen molar-refractivity contribution in [3.63, 3.8) is 0 Å². The van der Waals surface area contributed by atoms with E-state index in [4.69, 9.17) is 0 Å². The van der Waals surface area contributed by atoms with Gasteiger partial charge in [0.1, 0.15) is 5.82 Å². The number of piperidine rings is 2. The van der Waals surface area contributed by atoms with E-state index >= 15 is 0 Å². The second kappa shape index (κ2) is 7.74. The van der Waals surface area contributed by atoms with Crippen LogP contribution >= 0.6 is 0 Å². The van der Waals surface area contributed by atoms with Gasteiger partial charge in [0, 0.05) is 32.6 Å². The molecule has 0 radical (unpaired) electrons. The van der Waals surface area contributed by atoms with E-state index in [2.05, 4.69) is 0 Å². The quantitative estimate of drug-likeness (QED) is 0.891. The van der Waals surface area contributed by atoms with Gasteiger partial charge < -0.3 is 14.9 Å². The summed E-state index contributed by atoms with van der Waals surface area (Å²) < 4.78 is 13.3. The molecule has 0 saturated carbocycles. The summed E-state index contributed by atoms with van der Waals surface area (Å²) in [6, 6.07) is 6.18. The molecule has 142 valence electrons. The summed E-state index contributed by atoms with van der Waals surface area (Å²) in [5.41, 5.74) is 0.750. The van der Waals surface area contributed by atoms with Crippen LogP contribution in [0.25, 0.3) is 0 Å². The number of rotatable bonds is 4. The number of aliphatic hydroxyl groups is 1. The molecular weight excluding hydrogens is 335 g/mol. The highest BCUT2D eigenvalue weighted by Gasteiger charge is 2.41. The van der Waals surface area contributed by atoms with E-state index in [0.717, 1.165) is 19.3 Å². The molecule has 2 fully saturated rings. The van der Waals surface area contributed by atoms with Crippen LogP contribution in [-0.4, -0.2) is 59.0 Å². The lowest BCUT2D eigenvalue weighted by atomic mass is 9.72. The summed E-state index contributed by atoms with van der Waals surface area (Å²) in [5.74, 6) is -0.183. The molecule has 1 aromatic rings. The van der Waals surface area contributed by atoms with Crippen molar-refractivity contribution >= 4 is 11.8 Å². The number of hydrogen-bond donors (Lipinski definition) is 1.